The van der Waals surface area contributed by atoms with Crippen LogP contribution in [0, 0.1) is 0 Å². The van der Waals surface area contributed by atoms with Crippen molar-refractivity contribution in [2.45, 2.75) is 25.9 Å². The molecule has 1 atom stereocenters. The van der Waals surface area contributed by atoms with Crippen LogP contribution in [0.25, 0.3) is 0 Å². The molecule has 1 aromatic rings. The van der Waals surface area contributed by atoms with Crippen molar-refractivity contribution in [3.8, 4) is 0 Å². The summed E-state index contributed by atoms with van der Waals surface area (Å²) in [4.78, 5) is 37.2. The molecule has 2 rings (SSSR count). The normalized spacial score (nSPS) is 15.2. The number of ether oxygens (including phenoxy) is 2. The van der Waals surface area contributed by atoms with Crippen LogP contribution in [-0.4, -0.2) is 50.7 Å². The molecule has 1 aliphatic heterocycles. The summed E-state index contributed by atoms with van der Waals surface area (Å²) < 4.78 is 9.98. The predicted molar refractivity (Wildman–Crippen MR) is 87.8 cm³/mol. The SMILES string of the molecule is COCCNC(=O)[C@H](C)OC(=O)c1ccc(N2CCCC2=O)cc1. The highest BCUT2D eigenvalue weighted by atomic mass is 16.5. The average Bonchev–Trinajstić information content (AvgIpc) is 3.01. The van der Waals surface area contributed by atoms with Crippen molar-refractivity contribution in [2.24, 2.45) is 0 Å². The van der Waals surface area contributed by atoms with Gasteiger partial charge in [-0.3, -0.25) is 9.59 Å². The lowest BCUT2D eigenvalue weighted by molar-refractivity contribution is -0.129. The quantitative estimate of drug-likeness (QED) is 0.597. The van der Waals surface area contributed by atoms with Gasteiger partial charge in [-0.25, -0.2) is 4.79 Å². The van der Waals surface area contributed by atoms with Gasteiger partial charge < -0.3 is 19.7 Å². The zero-order valence-electron chi connectivity index (χ0n) is 13.9. The molecule has 0 spiro atoms. The van der Waals surface area contributed by atoms with Gasteiger partial charge in [0.25, 0.3) is 5.91 Å². The number of carbonyl (C=O) groups excluding carboxylic acids is 3. The molecule has 1 fully saturated rings. The fourth-order valence-corrected chi connectivity index (χ4v) is 2.40. The highest BCUT2D eigenvalue weighted by Crippen LogP contribution is 2.21. The minimum atomic E-state index is -0.894. The van der Waals surface area contributed by atoms with Crippen molar-refractivity contribution in [3.63, 3.8) is 0 Å². The van der Waals surface area contributed by atoms with E-state index in [1.54, 1.807) is 29.2 Å². The van der Waals surface area contributed by atoms with E-state index in [0.29, 0.717) is 31.7 Å². The number of nitrogens with zero attached hydrogens (tertiary/aromatic N) is 1. The Kier molecular flexibility index (Phi) is 6.31. The van der Waals surface area contributed by atoms with Gasteiger partial charge in [0.1, 0.15) is 0 Å². The minimum Gasteiger partial charge on any atom is -0.449 e. The van der Waals surface area contributed by atoms with Crippen LogP contribution in [0.4, 0.5) is 5.69 Å². The Morgan fingerprint density at radius 2 is 2.00 bits per heavy atom. The van der Waals surface area contributed by atoms with Gasteiger partial charge in [-0.05, 0) is 37.6 Å². The Morgan fingerprint density at radius 3 is 2.58 bits per heavy atom. The van der Waals surface area contributed by atoms with Gasteiger partial charge in [0.05, 0.1) is 12.2 Å². The van der Waals surface area contributed by atoms with E-state index in [1.165, 1.54) is 14.0 Å². The number of esters is 1. The largest absolute Gasteiger partial charge is 0.449 e. The summed E-state index contributed by atoms with van der Waals surface area (Å²) in [6, 6.07) is 6.61. The van der Waals surface area contributed by atoms with E-state index >= 15 is 0 Å². The number of benzene rings is 1. The van der Waals surface area contributed by atoms with E-state index in [4.69, 9.17) is 9.47 Å². The van der Waals surface area contributed by atoms with Crippen LogP contribution in [0.3, 0.4) is 0 Å². The highest BCUT2D eigenvalue weighted by Gasteiger charge is 2.22. The molecule has 0 aromatic heterocycles. The monoisotopic (exact) mass is 334 g/mol. The third-order valence-electron chi connectivity index (χ3n) is 3.75. The van der Waals surface area contributed by atoms with Crippen molar-refractivity contribution < 1.29 is 23.9 Å². The van der Waals surface area contributed by atoms with Crippen molar-refractivity contribution >= 4 is 23.5 Å². The van der Waals surface area contributed by atoms with Gasteiger partial charge in [0.2, 0.25) is 5.91 Å². The van der Waals surface area contributed by atoms with Crippen LogP contribution in [0.5, 0.6) is 0 Å². The van der Waals surface area contributed by atoms with Crippen molar-refractivity contribution in [2.75, 3.05) is 31.7 Å². The van der Waals surface area contributed by atoms with Crippen molar-refractivity contribution in [1.82, 2.24) is 5.32 Å². The number of amides is 2. The van der Waals surface area contributed by atoms with Gasteiger partial charge >= 0.3 is 5.97 Å². The maximum atomic E-state index is 12.1. The Labute approximate surface area is 140 Å². The summed E-state index contributed by atoms with van der Waals surface area (Å²) in [6.07, 6.45) is 0.506. The van der Waals surface area contributed by atoms with Gasteiger partial charge in [0, 0.05) is 32.3 Å². The van der Waals surface area contributed by atoms with E-state index < -0.39 is 12.1 Å². The van der Waals surface area contributed by atoms with Crippen molar-refractivity contribution in [1.29, 1.82) is 0 Å². The van der Waals surface area contributed by atoms with Crippen LogP contribution in [0.15, 0.2) is 24.3 Å². The van der Waals surface area contributed by atoms with Crippen LogP contribution in [0.2, 0.25) is 0 Å². The second-order valence-electron chi connectivity index (χ2n) is 5.53. The second kappa shape index (κ2) is 8.44. The molecule has 0 radical (unpaired) electrons. The van der Waals surface area contributed by atoms with Gasteiger partial charge in [-0.1, -0.05) is 0 Å². The first-order chi connectivity index (χ1) is 11.5. The molecule has 0 bridgehead atoms. The first-order valence-corrected chi connectivity index (χ1v) is 7.91. The molecule has 24 heavy (non-hydrogen) atoms. The predicted octanol–water partition coefficient (Wildman–Crippen LogP) is 1.12. The third-order valence-corrected chi connectivity index (χ3v) is 3.75. The van der Waals surface area contributed by atoms with E-state index in [-0.39, 0.29) is 11.8 Å². The van der Waals surface area contributed by atoms with E-state index in [2.05, 4.69) is 5.32 Å². The second-order valence-corrected chi connectivity index (χ2v) is 5.53. The van der Waals surface area contributed by atoms with Gasteiger partial charge in [-0.2, -0.15) is 0 Å². The number of hydrogen-bond donors (Lipinski definition) is 1. The Morgan fingerprint density at radius 1 is 1.29 bits per heavy atom. The van der Waals surface area contributed by atoms with Crippen LogP contribution in [-0.2, 0) is 19.1 Å². The smallest absolute Gasteiger partial charge is 0.338 e. The third kappa shape index (κ3) is 4.55. The number of nitrogens with one attached hydrogen (secondary N) is 1. The minimum absolute atomic E-state index is 0.0895. The molecule has 7 heteroatoms. The maximum absolute atomic E-state index is 12.1. The maximum Gasteiger partial charge on any atom is 0.338 e. The summed E-state index contributed by atoms with van der Waals surface area (Å²) in [7, 11) is 1.54. The first-order valence-electron chi connectivity index (χ1n) is 7.91. The lowest BCUT2D eigenvalue weighted by Crippen LogP contribution is -2.37. The molecule has 0 aliphatic carbocycles. The first kappa shape index (κ1) is 17.9. The van der Waals surface area contributed by atoms with Gasteiger partial charge in [-0.15, -0.1) is 0 Å². The molecule has 1 aliphatic rings. The molecule has 1 heterocycles. The Hall–Kier alpha value is -2.41. The number of rotatable bonds is 7. The zero-order chi connectivity index (χ0) is 17.5. The zero-order valence-corrected chi connectivity index (χ0v) is 13.9. The molecule has 1 aromatic carbocycles. The van der Waals surface area contributed by atoms with E-state index in [1.807, 2.05) is 0 Å². The molecule has 0 unspecified atom stereocenters. The summed E-state index contributed by atoms with van der Waals surface area (Å²) in [6.45, 7) is 2.96. The lowest BCUT2D eigenvalue weighted by atomic mass is 10.2. The topological polar surface area (TPSA) is 84.9 Å². The average molecular weight is 334 g/mol. The van der Waals surface area contributed by atoms with E-state index in [0.717, 1.165) is 12.1 Å². The Balaban J connectivity index is 1.90. The summed E-state index contributed by atoms with van der Waals surface area (Å²) >= 11 is 0. The number of methoxy groups -OCH3 is 1. The van der Waals surface area contributed by atoms with Crippen LogP contribution < -0.4 is 10.2 Å². The number of carbonyl (C=O) groups is 3. The summed E-state index contributed by atoms with van der Waals surface area (Å²) in [5.74, 6) is -0.866. The van der Waals surface area contributed by atoms with Crippen LogP contribution in [0.1, 0.15) is 30.1 Å². The Bertz CT molecular complexity index is 600. The molecular formula is C17H22N2O5. The van der Waals surface area contributed by atoms with E-state index in [9.17, 15) is 14.4 Å². The molecule has 1 saturated heterocycles. The lowest BCUT2D eigenvalue weighted by Gasteiger charge is -2.16. The molecule has 1 N–H and O–H groups in total. The molecule has 130 valence electrons. The van der Waals surface area contributed by atoms with Crippen molar-refractivity contribution in [3.05, 3.63) is 29.8 Å². The molecule has 0 saturated carbocycles. The summed E-state index contributed by atoms with van der Waals surface area (Å²) in [5, 5.41) is 2.61. The number of hydrogen-bond acceptors (Lipinski definition) is 5. The molecule has 2 amide bonds. The van der Waals surface area contributed by atoms with Crippen LogP contribution >= 0.6 is 0 Å². The summed E-state index contributed by atoms with van der Waals surface area (Å²) in [5.41, 5.74) is 1.10. The fourth-order valence-electron chi connectivity index (χ4n) is 2.40. The van der Waals surface area contributed by atoms with Gasteiger partial charge in [0.15, 0.2) is 6.10 Å². The molecular weight excluding hydrogens is 312 g/mol. The standard InChI is InChI=1S/C17H22N2O5/c1-12(16(21)18-9-11-23-2)24-17(22)13-5-7-14(8-6-13)19-10-3-4-15(19)20/h5-8,12H,3-4,9-11H2,1-2H3,(H,18,21)/t12-/m0/s1. The highest BCUT2D eigenvalue weighted by molar-refractivity contribution is 5.96. The number of anilines is 1. The molecule has 7 nitrogen and oxygen atoms in total. The fraction of sp³-hybridized carbons (Fsp3) is 0.471.